The average molecular weight is 570 g/mol. The van der Waals surface area contributed by atoms with Gasteiger partial charge in [0.2, 0.25) is 5.91 Å². The first-order valence-electron chi connectivity index (χ1n) is 13.4. The number of amides is 1. The lowest BCUT2D eigenvalue weighted by atomic mass is 10.1. The molecule has 0 atom stereocenters. The minimum atomic E-state index is -0.423. The zero-order valence-corrected chi connectivity index (χ0v) is 24.0. The summed E-state index contributed by atoms with van der Waals surface area (Å²) in [5, 5.41) is 12.3. The molecule has 0 unspecified atom stereocenters. The van der Waals surface area contributed by atoms with Crippen LogP contribution in [0.2, 0.25) is 0 Å². The number of aromatic nitrogens is 3. The van der Waals surface area contributed by atoms with E-state index in [1.54, 1.807) is 31.0 Å². The molecule has 5 rings (SSSR count). The number of piperazine rings is 1. The molecular formula is C30H32FN9O2. The van der Waals surface area contributed by atoms with E-state index >= 15 is 4.39 Å². The third-order valence-electron chi connectivity index (χ3n) is 7.10. The first-order chi connectivity index (χ1) is 20.3. The fourth-order valence-electron chi connectivity index (χ4n) is 4.78. The number of anilines is 4. The Labute approximate surface area is 243 Å². The normalized spacial score (nSPS) is 13.5. The molecule has 1 saturated heterocycles. The Balaban J connectivity index is 1.34. The number of nitrogens with one attached hydrogen (secondary N) is 1. The van der Waals surface area contributed by atoms with Crippen molar-refractivity contribution in [3.8, 4) is 11.5 Å². The highest BCUT2D eigenvalue weighted by Gasteiger charge is 2.21. The van der Waals surface area contributed by atoms with Gasteiger partial charge in [-0.05, 0) is 68.0 Å². The standard InChI is InChI=1S/C30H32FN9O2/c1-6-27(41)40-15-13-39(14-16-40)26-12-8-22-29(36-26)30(34-18-33-22)35-21-7-10-24(19(2)17-21)42-25-11-9-23(28(31)20(25)3)38(5)37-32-4/h6-12,17-18H,1,13-16H2,2-5H3,(H,33,34,35). The number of pyridine rings is 1. The van der Waals surface area contributed by atoms with Gasteiger partial charge in [-0.2, -0.15) is 5.11 Å². The number of nitrogens with zero attached hydrogens (tertiary/aromatic N) is 8. The van der Waals surface area contributed by atoms with Gasteiger partial charge < -0.3 is 19.9 Å². The quantitative estimate of drug-likeness (QED) is 0.166. The summed E-state index contributed by atoms with van der Waals surface area (Å²) < 4.78 is 21.1. The van der Waals surface area contributed by atoms with Crippen LogP contribution in [-0.2, 0) is 4.79 Å². The van der Waals surface area contributed by atoms with Gasteiger partial charge in [0, 0.05) is 44.5 Å². The Kier molecular flexibility index (Phi) is 8.23. The molecule has 0 saturated carbocycles. The van der Waals surface area contributed by atoms with Crippen molar-refractivity contribution in [2.24, 2.45) is 10.3 Å². The van der Waals surface area contributed by atoms with E-state index < -0.39 is 5.82 Å². The van der Waals surface area contributed by atoms with Crippen LogP contribution in [0.4, 0.5) is 27.4 Å². The van der Waals surface area contributed by atoms with Crippen molar-refractivity contribution in [1.82, 2.24) is 19.9 Å². The maximum atomic E-state index is 15.0. The van der Waals surface area contributed by atoms with Crippen LogP contribution in [0.15, 0.2) is 71.8 Å². The predicted molar refractivity (Wildman–Crippen MR) is 161 cm³/mol. The summed E-state index contributed by atoms with van der Waals surface area (Å²) in [5.74, 6) is 1.89. The van der Waals surface area contributed by atoms with Crippen LogP contribution >= 0.6 is 0 Å². The van der Waals surface area contributed by atoms with Crippen molar-refractivity contribution >= 4 is 40.0 Å². The van der Waals surface area contributed by atoms with Gasteiger partial charge in [-0.25, -0.2) is 24.4 Å². The first kappa shape index (κ1) is 28.4. The number of aryl methyl sites for hydroxylation is 1. The highest BCUT2D eigenvalue weighted by Crippen LogP contribution is 2.34. The van der Waals surface area contributed by atoms with E-state index in [9.17, 15) is 4.79 Å². The lowest BCUT2D eigenvalue weighted by Gasteiger charge is -2.35. The number of carbonyl (C=O) groups excluding carboxylic acids is 1. The second-order valence-corrected chi connectivity index (χ2v) is 9.82. The lowest BCUT2D eigenvalue weighted by molar-refractivity contribution is -0.126. The Morgan fingerprint density at radius 1 is 1.10 bits per heavy atom. The van der Waals surface area contributed by atoms with Crippen molar-refractivity contribution in [1.29, 1.82) is 0 Å². The SMILES string of the molecule is C=CC(=O)N1CCN(c2ccc3ncnc(Nc4ccc(Oc5ccc(N(C)N=NC)c(F)c5C)c(C)c4)c3n2)CC1. The van der Waals surface area contributed by atoms with Gasteiger partial charge in [0.25, 0.3) is 0 Å². The second kappa shape index (κ2) is 12.2. The Bertz CT molecular complexity index is 1670. The molecule has 1 aliphatic heterocycles. The molecule has 11 nitrogen and oxygen atoms in total. The highest BCUT2D eigenvalue weighted by atomic mass is 19.1. The average Bonchev–Trinajstić information content (AvgIpc) is 3.00. The van der Waals surface area contributed by atoms with Gasteiger partial charge in [-0.3, -0.25) is 4.79 Å². The Morgan fingerprint density at radius 2 is 1.86 bits per heavy atom. The molecule has 4 aromatic rings. The maximum Gasteiger partial charge on any atom is 0.246 e. The van der Waals surface area contributed by atoms with E-state index in [0.717, 1.165) is 17.1 Å². The Hall–Kier alpha value is -5.13. The molecule has 2 aromatic heterocycles. The molecule has 0 spiro atoms. The number of rotatable bonds is 8. The van der Waals surface area contributed by atoms with Crippen LogP contribution in [0.5, 0.6) is 11.5 Å². The first-order valence-corrected chi connectivity index (χ1v) is 13.4. The number of hydrogen-bond acceptors (Lipinski definition) is 9. The van der Waals surface area contributed by atoms with E-state index in [1.807, 2.05) is 37.3 Å². The van der Waals surface area contributed by atoms with Crippen LogP contribution in [0.25, 0.3) is 11.0 Å². The molecule has 0 radical (unpaired) electrons. The third-order valence-corrected chi connectivity index (χ3v) is 7.10. The molecule has 3 heterocycles. The molecule has 1 aliphatic rings. The van der Waals surface area contributed by atoms with Crippen LogP contribution < -0.4 is 20.0 Å². The fourth-order valence-corrected chi connectivity index (χ4v) is 4.78. The van der Waals surface area contributed by atoms with E-state index in [0.29, 0.717) is 65.8 Å². The van der Waals surface area contributed by atoms with E-state index in [4.69, 9.17) is 9.72 Å². The molecule has 1 amide bonds. The van der Waals surface area contributed by atoms with Gasteiger partial charge in [-0.15, -0.1) is 0 Å². The van der Waals surface area contributed by atoms with Gasteiger partial charge in [0.05, 0.1) is 18.3 Å². The minimum Gasteiger partial charge on any atom is -0.457 e. The molecule has 1 N–H and O–H groups in total. The van der Waals surface area contributed by atoms with Gasteiger partial charge in [0.15, 0.2) is 11.6 Å². The number of carbonyl (C=O) groups is 1. The van der Waals surface area contributed by atoms with Gasteiger partial charge >= 0.3 is 0 Å². The molecule has 1 fully saturated rings. The van der Waals surface area contributed by atoms with Crippen molar-refractivity contribution in [2.75, 3.05) is 55.5 Å². The van der Waals surface area contributed by atoms with Crippen LogP contribution in [0.1, 0.15) is 11.1 Å². The molecular weight excluding hydrogens is 537 g/mol. The Morgan fingerprint density at radius 3 is 2.57 bits per heavy atom. The molecule has 12 heteroatoms. The lowest BCUT2D eigenvalue weighted by Crippen LogP contribution is -2.48. The topological polar surface area (TPSA) is 111 Å². The summed E-state index contributed by atoms with van der Waals surface area (Å²) in [4.78, 5) is 29.6. The molecule has 42 heavy (non-hydrogen) atoms. The smallest absolute Gasteiger partial charge is 0.246 e. The summed E-state index contributed by atoms with van der Waals surface area (Å²) in [6.45, 7) is 9.70. The molecule has 0 aliphatic carbocycles. The largest absolute Gasteiger partial charge is 0.457 e. The number of ether oxygens (including phenoxy) is 1. The van der Waals surface area contributed by atoms with Crippen molar-refractivity contribution in [3.05, 3.63) is 78.4 Å². The van der Waals surface area contributed by atoms with Crippen LogP contribution in [0, 0.1) is 19.7 Å². The van der Waals surface area contributed by atoms with Crippen LogP contribution in [-0.4, -0.2) is 66.0 Å². The highest BCUT2D eigenvalue weighted by molar-refractivity contribution is 5.89. The zero-order valence-electron chi connectivity index (χ0n) is 24.0. The van der Waals surface area contributed by atoms with E-state index in [2.05, 4.69) is 37.1 Å². The van der Waals surface area contributed by atoms with Gasteiger partial charge in [0.1, 0.15) is 29.2 Å². The van der Waals surface area contributed by atoms with Crippen LogP contribution in [0.3, 0.4) is 0 Å². The summed E-state index contributed by atoms with van der Waals surface area (Å²) in [6, 6.07) is 12.8. The number of halogens is 1. The number of hydrogen-bond donors (Lipinski definition) is 1. The number of benzene rings is 2. The predicted octanol–water partition coefficient (Wildman–Crippen LogP) is 5.58. The maximum absolute atomic E-state index is 15.0. The minimum absolute atomic E-state index is 0.0591. The molecule has 0 bridgehead atoms. The summed E-state index contributed by atoms with van der Waals surface area (Å²) >= 11 is 0. The summed E-state index contributed by atoms with van der Waals surface area (Å²) in [6.07, 6.45) is 2.84. The van der Waals surface area contributed by atoms with Crippen molar-refractivity contribution < 1.29 is 13.9 Å². The fraction of sp³-hybridized carbons (Fsp3) is 0.267. The van der Waals surface area contributed by atoms with Gasteiger partial charge in [-0.1, -0.05) is 11.8 Å². The van der Waals surface area contributed by atoms with Crippen molar-refractivity contribution in [3.63, 3.8) is 0 Å². The molecule has 2 aromatic carbocycles. The monoisotopic (exact) mass is 569 g/mol. The third kappa shape index (κ3) is 5.82. The van der Waals surface area contributed by atoms with Crippen molar-refractivity contribution in [2.45, 2.75) is 13.8 Å². The molecule has 216 valence electrons. The zero-order chi connectivity index (χ0) is 29.8. The summed E-state index contributed by atoms with van der Waals surface area (Å²) in [5.41, 5.74) is 3.65. The number of fused-ring (bicyclic) bond motifs is 1. The van der Waals surface area contributed by atoms with E-state index in [1.165, 1.54) is 24.5 Å². The second-order valence-electron chi connectivity index (χ2n) is 9.82. The van der Waals surface area contributed by atoms with E-state index in [-0.39, 0.29) is 5.91 Å². The summed E-state index contributed by atoms with van der Waals surface area (Å²) in [7, 11) is 3.16.